The number of imidazole rings is 1. The number of hydrogen-bond acceptors (Lipinski definition) is 7. The highest BCUT2D eigenvalue weighted by atomic mass is 16.5. The van der Waals surface area contributed by atoms with Crippen molar-refractivity contribution in [2.75, 3.05) is 30.3 Å². The van der Waals surface area contributed by atoms with Crippen molar-refractivity contribution in [3.05, 3.63) is 35.3 Å². The van der Waals surface area contributed by atoms with Crippen molar-refractivity contribution in [1.29, 1.82) is 0 Å². The molecule has 5 rings (SSSR count). The van der Waals surface area contributed by atoms with Crippen molar-refractivity contribution in [3.63, 3.8) is 0 Å². The van der Waals surface area contributed by atoms with Crippen molar-refractivity contribution in [2.24, 2.45) is 5.41 Å². The summed E-state index contributed by atoms with van der Waals surface area (Å²) >= 11 is 0. The Morgan fingerprint density at radius 1 is 1.06 bits per heavy atom. The van der Waals surface area contributed by atoms with Gasteiger partial charge in [0.2, 0.25) is 0 Å². The van der Waals surface area contributed by atoms with E-state index in [9.17, 15) is 0 Å². The SMILES string of the molecule is CCCCOc1nc(N)c2ncc(Cc3cnc(N4CCC5(CCCCC5)CC4)c(C)c3)n2n1. The van der Waals surface area contributed by atoms with Gasteiger partial charge in [-0.15, -0.1) is 5.10 Å². The predicted molar refractivity (Wildman–Crippen MR) is 134 cm³/mol. The van der Waals surface area contributed by atoms with Gasteiger partial charge < -0.3 is 15.4 Å². The smallest absolute Gasteiger partial charge is 0.336 e. The first-order valence-corrected chi connectivity index (χ1v) is 12.9. The second-order valence-corrected chi connectivity index (χ2v) is 10.2. The van der Waals surface area contributed by atoms with Gasteiger partial charge in [0.25, 0.3) is 0 Å². The molecule has 0 atom stereocenters. The molecule has 3 aromatic rings. The number of unbranched alkanes of at least 4 members (excludes halogenated alkanes) is 1. The third kappa shape index (κ3) is 4.68. The lowest BCUT2D eigenvalue weighted by Gasteiger charge is -2.45. The Hall–Kier alpha value is -2.90. The van der Waals surface area contributed by atoms with Gasteiger partial charge in [-0.05, 0) is 55.6 Å². The van der Waals surface area contributed by atoms with Gasteiger partial charge in [0.1, 0.15) is 5.82 Å². The third-order valence-corrected chi connectivity index (χ3v) is 7.70. The van der Waals surface area contributed by atoms with Crippen LogP contribution in [0.5, 0.6) is 6.01 Å². The van der Waals surface area contributed by atoms with Crippen LogP contribution < -0.4 is 15.4 Å². The number of piperidine rings is 1. The van der Waals surface area contributed by atoms with E-state index in [1.54, 1.807) is 4.52 Å². The van der Waals surface area contributed by atoms with E-state index in [2.05, 4.69) is 39.9 Å². The van der Waals surface area contributed by atoms with Gasteiger partial charge in [-0.3, -0.25) is 0 Å². The van der Waals surface area contributed by atoms with Gasteiger partial charge in [-0.25, -0.2) is 14.5 Å². The van der Waals surface area contributed by atoms with E-state index in [1.807, 2.05) is 12.4 Å². The number of pyridine rings is 1. The molecule has 0 unspecified atom stereocenters. The molecule has 182 valence electrons. The summed E-state index contributed by atoms with van der Waals surface area (Å²) in [5.74, 6) is 1.46. The third-order valence-electron chi connectivity index (χ3n) is 7.70. The second kappa shape index (κ2) is 9.76. The van der Waals surface area contributed by atoms with Crippen LogP contribution >= 0.6 is 0 Å². The average molecular weight is 464 g/mol. The van der Waals surface area contributed by atoms with Gasteiger partial charge in [0.05, 0.1) is 18.5 Å². The van der Waals surface area contributed by atoms with Gasteiger partial charge in [-0.1, -0.05) is 38.7 Å². The molecule has 0 radical (unpaired) electrons. The molecule has 1 saturated carbocycles. The van der Waals surface area contributed by atoms with Crippen molar-refractivity contribution < 1.29 is 4.74 Å². The molecule has 1 saturated heterocycles. The fourth-order valence-corrected chi connectivity index (χ4v) is 5.67. The number of fused-ring (bicyclic) bond motifs is 1. The Morgan fingerprint density at radius 2 is 1.85 bits per heavy atom. The quantitative estimate of drug-likeness (QED) is 0.506. The maximum absolute atomic E-state index is 6.11. The molecule has 34 heavy (non-hydrogen) atoms. The lowest BCUT2D eigenvalue weighted by molar-refractivity contribution is 0.144. The summed E-state index contributed by atoms with van der Waals surface area (Å²) in [5, 5.41) is 4.53. The summed E-state index contributed by atoms with van der Waals surface area (Å²) in [7, 11) is 0. The van der Waals surface area contributed by atoms with Gasteiger partial charge in [0.15, 0.2) is 11.5 Å². The van der Waals surface area contributed by atoms with E-state index in [4.69, 9.17) is 15.5 Å². The monoisotopic (exact) mass is 463 g/mol. The highest BCUT2D eigenvalue weighted by Gasteiger charge is 2.36. The summed E-state index contributed by atoms with van der Waals surface area (Å²) < 4.78 is 7.44. The van der Waals surface area contributed by atoms with Crippen LogP contribution in [0.1, 0.15) is 81.5 Å². The summed E-state index contributed by atoms with van der Waals surface area (Å²) in [5.41, 5.74) is 10.6. The molecule has 3 aromatic heterocycles. The van der Waals surface area contributed by atoms with Crippen LogP contribution in [0.25, 0.3) is 5.65 Å². The van der Waals surface area contributed by atoms with Crippen LogP contribution in [0.3, 0.4) is 0 Å². The van der Waals surface area contributed by atoms with Crippen LogP contribution in [-0.4, -0.2) is 44.3 Å². The number of nitrogen functional groups attached to an aromatic ring is 1. The fourth-order valence-electron chi connectivity index (χ4n) is 5.67. The number of anilines is 2. The minimum absolute atomic E-state index is 0.295. The largest absolute Gasteiger partial charge is 0.462 e. The zero-order chi connectivity index (χ0) is 23.5. The summed E-state index contributed by atoms with van der Waals surface area (Å²) in [4.78, 5) is 16.1. The molecule has 0 amide bonds. The molecular formula is C26H37N7O. The lowest BCUT2D eigenvalue weighted by atomic mass is 9.68. The molecule has 4 heterocycles. The zero-order valence-electron chi connectivity index (χ0n) is 20.6. The van der Waals surface area contributed by atoms with Crippen LogP contribution in [0.15, 0.2) is 18.5 Å². The number of ether oxygens (including phenoxy) is 1. The molecule has 1 spiro atoms. The van der Waals surface area contributed by atoms with Crippen molar-refractivity contribution in [1.82, 2.24) is 24.6 Å². The lowest BCUT2D eigenvalue weighted by Crippen LogP contribution is -2.41. The highest BCUT2D eigenvalue weighted by Crippen LogP contribution is 2.45. The molecule has 2 N–H and O–H groups in total. The fraction of sp³-hybridized carbons (Fsp3) is 0.615. The van der Waals surface area contributed by atoms with Crippen LogP contribution in [0.4, 0.5) is 11.6 Å². The first-order chi connectivity index (χ1) is 16.6. The molecule has 0 bridgehead atoms. The van der Waals surface area contributed by atoms with E-state index in [-0.39, 0.29) is 0 Å². The normalized spacial score (nSPS) is 18.0. The van der Waals surface area contributed by atoms with Crippen LogP contribution in [-0.2, 0) is 6.42 Å². The van der Waals surface area contributed by atoms with E-state index < -0.39 is 0 Å². The van der Waals surface area contributed by atoms with Gasteiger partial charge in [-0.2, -0.15) is 4.98 Å². The predicted octanol–water partition coefficient (Wildman–Crippen LogP) is 4.73. The van der Waals surface area contributed by atoms with Crippen molar-refractivity contribution >= 4 is 17.3 Å². The molecule has 0 aromatic carbocycles. The number of hydrogen-bond donors (Lipinski definition) is 1. The number of nitrogens with zero attached hydrogens (tertiary/aromatic N) is 6. The molecule has 8 heteroatoms. The van der Waals surface area contributed by atoms with E-state index >= 15 is 0 Å². The molecular weight excluding hydrogens is 426 g/mol. The van der Waals surface area contributed by atoms with E-state index in [0.717, 1.165) is 43.0 Å². The zero-order valence-corrected chi connectivity index (χ0v) is 20.6. The maximum Gasteiger partial charge on any atom is 0.336 e. The minimum Gasteiger partial charge on any atom is -0.462 e. The Balaban J connectivity index is 1.29. The molecule has 1 aliphatic carbocycles. The molecule has 2 fully saturated rings. The van der Waals surface area contributed by atoms with E-state index in [1.165, 1.54) is 50.5 Å². The standard InChI is InChI=1S/C26H37N7O/c1-3-4-14-34-25-30-22(27)24-29-18-21(33(24)31-25)16-20-15-19(2)23(28-17-20)32-12-10-26(11-13-32)8-6-5-7-9-26/h15,17-18H,3-14,16H2,1-2H3,(H2,27,30,31). The average Bonchev–Trinajstić information content (AvgIpc) is 3.24. The Labute approximate surface area is 201 Å². The maximum atomic E-state index is 6.11. The Kier molecular flexibility index (Phi) is 6.57. The van der Waals surface area contributed by atoms with Crippen molar-refractivity contribution in [3.8, 4) is 6.01 Å². The molecule has 8 nitrogen and oxygen atoms in total. The number of rotatable bonds is 7. The minimum atomic E-state index is 0.295. The van der Waals surface area contributed by atoms with Gasteiger partial charge in [0, 0.05) is 25.7 Å². The molecule has 1 aliphatic heterocycles. The molecule has 2 aliphatic rings. The summed E-state index contributed by atoms with van der Waals surface area (Å²) in [6.07, 6.45) is 16.2. The number of aromatic nitrogens is 5. The van der Waals surface area contributed by atoms with Crippen molar-refractivity contribution in [2.45, 2.75) is 78.1 Å². The number of nitrogens with two attached hydrogens (primary N) is 1. The Bertz CT molecular complexity index is 1130. The summed E-state index contributed by atoms with van der Waals surface area (Å²) in [6, 6.07) is 2.54. The highest BCUT2D eigenvalue weighted by molar-refractivity contribution is 5.60. The first kappa shape index (κ1) is 22.9. The van der Waals surface area contributed by atoms with Gasteiger partial charge >= 0.3 is 6.01 Å². The topological polar surface area (TPSA) is 94.5 Å². The first-order valence-electron chi connectivity index (χ1n) is 12.9. The van der Waals surface area contributed by atoms with Crippen LogP contribution in [0.2, 0.25) is 0 Å². The van der Waals surface area contributed by atoms with Crippen LogP contribution in [0, 0.1) is 12.3 Å². The number of aryl methyl sites for hydroxylation is 1. The summed E-state index contributed by atoms with van der Waals surface area (Å²) in [6.45, 7) is 7.11. The Morgan fingerprint density at radius 3 is 2.59 bits per heavy atom. The second-order valence-electron chi connectivity index (χ2n) is 10.2. The van der Waals surface area contributed by atoms with E-state index in [0.29, 0.717) is 35.9 Å².